The molecule has 100 valence electrons. The topological polar surface area (TPSA) is 73.6 Å². The molecule has 0 bridgehead atoms. The van der Waals surface area contributed by atoms with E-state index >= 15 is 0 Å². The first kappa shape index (κ1) is 12.9. The molecule has 1 heterocycles. The van der Waals surface area contributed by atoms with Crippen molar-refractivity contribution >= 4 is 5.97 Å². The van der Waals surface area contributed by atoms with Crippen LogP contribution in [0.3, 0.4) is 0 Å². The number of carbonyl (C=O) groups is 1. The minimum Gasteiger partial charge on any atom is -0.497 e. The van der Waals surface area contributed by atoms with Gasteiger partial charge >= 0.3 is 5.97 Å². The Morgan fingerprint density at radius 1 is 1.47 bits per heavy atom. The van der Waals surface area contributed by atoms with E-state index in [1.54, 1.807) is 24.7 Å². The van der Waals surface area contributed by atoms with Crippen molar-refractivity contribution in [1.82, 2.24) is 9.55 Å². The van der Waals surface area contributed by atoms with Crippen LogP contribution in [0.15, 0.2) is 36.9 Å². The average molecular weight is 262 g/mol. The number of carboxylic acid groups (broad SMARTS) is 1. The Morgan fingerprint density at radius 3 is 2.95 bits per heavy atom. The molecule has 0 saturated carbocycles. The fraction of sp³-hybridized carbons (Fsp3) is 0.231. The zero-order valence-corrected chi connectivity index (χ0v) is 10.4. The van der Waals surface area contributed by atoms with E-state index in [1.807, 2.05) is 10.8 Å². The number of ether oxygens (including phenoxy) is 2. The number of nitrogens with zero attached hydrogens (tertiary/aromatic N) is 2. The van der Waals surface area contributed by atoms with Gasteiger partial charge in [-0.05, 0) is 12.1 Å². The molecule has 6 heteroatoms. The second-order valence-corrected chi connectivity index (χ2v) is 3.82. The van der Waals surface area contributed by atoms with Gasteiger partial charge in [-0.15, -0.1) is 0 Å². The van der Waals surface area contributed by atoms with E-state index < -0.39 is 5.97 Å². The van der Waals surface area contributed by atoms with Gasteiger partial charge in [0.25, 0.3) is 0 Å². The third-order valence-corrected chi connectivity index (χ3v) is 2.59. The number of carboxylic acids is 1. The summed E-state index contributed by atoms with van der Waals surface area (Å²) in [5.41, 5.74) is 0.117. The first-order valence-electron chi connectivity index (χ1n) is 5.70. The molecule has 6 nitrogen and oxygen atoms in total. The SMILES string of the molecule is COc1ccc(C(=O)O)c(OCCn2ccnc2)c1. The number of aromatic carboxylic acids is 1. The van der Waals surface area contributed by atoms with Crippen molar-refractivity contribution in [3.63, 3.8) is 0 Å². The molecule has 0 aliphatic heterocycles. The molecule has 0 atom stereocenters. The van der Waals surface area contributed by atoms with Gasteiger partial charge in [-0.1, -0.05) is 0 Å². The van der Waals surface area contributed by atoms with Crippen molar-refractivity contribution in [2.24, 2.45) is 0 Å². The molecule has 19 heavy (non-hydrogen) atoms. The number of methoxy groups -OCH3 is 1. The highest BCUT2D eigenvalue weighted by Crippen LogP contribution is 2.24. The van der Waals surface area contributed by atoms with E-state index in [1.165, 1.54) is 13.2 Å². The predicted octanol–water partition coefficient (Wildman–Crippen LogP) is 1.67. The Bertz CT molecular complexity index is 552. The molecule has 0 amide bonds. The fourth-order valence-corrected chi connectivity index (χ4v) is 1.61. The minimum atomic E-state index is -1.03. The summed E-state index contributed by atoms with van der Waals surface area (Å²) in [5, 5.41) is 9.08. The summed E-state index contributed by atoms with van der Waals surface area (Å²) in [5.74, 6) is -0.171. The van der Waals surface area contributed by atoms with Crippen LogP contribution in [0.4, 0.5) is 0 Å². The van der Waals surface area contributed by atoms with Gasteiger partial charge < -0.3 is 19.1 Å². The molecule has 0 radical (unpaired) electrons. The highest BCUT2D eigenvalue weighted by molar-refractivity contribution is 5.91. The van der Waals surface area contributed by atoms with Crippen molar-refractivity contribution < 1.29 is 19.4 Å². The summed E-state index contributed by atoms with van der Waals surface area (Å²) in [6.07, 6.45) is 5.16. The van der Waals surface area contributed by atoms with Crippen LogP contribution in [0.2, 0.25) is 0 Å². The lowest BCUT2D eigenvalue weighted by Crippen LogP contribution is -2.09. The molecule has 1 aromatic carbocycles. The number of hydrogen-bond donors (Lipinski definition) is 1. The first-order valence-corrected chi connectivity index (χ1v) is 5.70. The molecular formula is C13H14N2O4. The summed E-state index contributed by atoms with van der Waals surface area (Å²) in [6, 6.07) is 4.62. The quantitative estimate of drug-likeness (QED) is 0.857. The highest BCUT2D eigenvalue weighted by Gasteiger charge is 2.12. The summed E-state index contributed by atoms with van der Waals surface area (Å²) >= 11 is 0. The van der Waals surface area contributed by atoms with Crippen molar-refractivity contribution in [1.29, 1.82) is 0 Å². The monoisotopic (exact) mass is 262 g/mol. The zero-order chi connectivity index (χ0) is 13.7. The van der Waals surface area contributed by atoms with Crippen molar-refractivity contribution in [2.75, 3.05) is 13.7 Å². The number of imidazole rings is 1. The molecule has 2 aromatic rings. The smallest absolute Gasteiger partial charge is 0.339 e. The van der Waals surface area contributed by atoms with Crippen molar-refractivity contribution in [3.05, 3.63) is 42.5 Å². The van der Waals surface area contributed by atoms with Gasteiger partial charge in [-0.25, -0.2) is 9.78 Å². The van der Waals surface area contributed by atoms with Gasteiger partial charge in [0.1, 0.15) is 23.7 Å². The maximum absolute atomic E-state index is 11.1. The Balaban J connectivity index is 2.06. The van der Waals surface area contributed by atoms with E-state index in [2.05, 4.69) is 4.98 Å². The predicted molar refractivity (Wildman–Crippen MR) is 67.7 cm³/mol. The zero-order valence-electron chi connectivity index (χ0n) is 10.4. The third-order valence-electron chi connectivity index (χ3n) is 2.59. The summed E-state index contributed by atoms with van der Waals surface area (Å²) in [7, 11) is 1.52. The molecule has 2 rings (SSSR count). The lowest BCUT2D eigenvalue weighted by Gasteiger charge is -2.11. The van der Waals surface area contributed by atoms with Crippen LogP contribution in [0.5, 0.6) is 11.5 Å². The minimum absolute atomic E-state index is 0.117. The van der Waals surface area contributed by atoms with E-state index in [4.69, 9.17) is 14.6 Å². The van der Waals surface area contributed by atoms with Gasteiger partial charge in [-0.3, -0.25) is 0 Å². The number of hydrogen-bond acceptors (Lipinski definition) is 4. The number of aromatic nitrogens is 2. The number of rotatable bonds is 6. The molecule has 0 aliphatic rings. The number of benzene rings is 1. The van der Waals surface area contributed by atoms with Crippen LogP contribution in [-0.4, -0.2) is 34.3 Å². The molecule has 1 N–H and O–H groups in total. The van der Waals surface area contributed by atoms with E-state index in [9.17, 15) is 4.79 Å². The lowest BCUT2D eigenvalue weighted by molar-refractivity contribution is 0.0692. The summed E-state index contributed by atoms with van der Waals surface area (Å²) in [6.45, 7) is 0.945. The van der Waals surface area contributed by atoms with Crippen LogP contribution in [0.25, 0.3) is 0 Å². The van der Waals surface area contributed by atoms with Gasteiger partial charge in [0, 0.05) is 18.5 Å². The third kappa shape index (κ3) is 3.25. The summed E-state index contributed by atoms with van der Waals surface area (Å²) < 4.78 is 12.4. The maximum atomic E-state index is 11.1. The molecule has 0 unspecified atom stereocenters. The van der Waals surface area contributed by atoms with Crippen LogP contribution in [0.1, 0.15) is 10.4 Å². The standard InChI is InChI=1S/C13H14N2O4/c1-18-10-2-3-11(13(16)17)12(8-10)19-7-6-15-5-4-14-9-15/h2-5,8-9H,6-7H2,1H3,(H,16,17). The molecular weight excluding hydrogens is 248 g/mol. The van der Waals surface area contributed by atoms with Crippen LogP contribution >= 0.6 is 0 Å². The van der Waals surface area contributed by atoms with Gasteiger partial charge in [0.15, 0.2) is 0 Å². The Labute approximate surface area is 110 Å². The van der Waals surface area contributed by atoms with E-state index in [0.29, 0.717) is 24.7 Å². The van der Waals surface area contributed by atoms with Crippen molar-refractivity contribution in [2.45, 2.75) is 6.54 Å². The highest BCUT2D eigenvalue weighted by atomic mass is 16.5. The van der Waals surface area contributed by atoms with Crippen LogP contribution < -0.4 is 9.47 Å². The Morgan fingerprint density at radius 2 is 2.32 bits per heavy atom. The van der Waals surface area contributed by atoms with Gasteiger partial charge in [-0.2, -0.15) is 0 Å². The van der Waals surface area contributed by atoms with E-state index in [0.717, 1.165) is 0 Å². The Kier molecular flexibility index (Phi) is 4.02. The second-order valence-electron chi connectivity index (χ2n) is 3.82. The van der Waals surface area contributed by atoms with Crippen LogP contribution in [0, 0.1) is 0 Å². The van der Waals surface area contributed by atoms with Crippen molar-refractivity contribution in [3.8, 4) is 11.5 Å². The van der Waals surface area contributed by atoms with Crippen LogP contribution in [-0.2, 0) is 6.54 Å². The Hall–Kier alpha value is -2.50. The molecule has 0 aliphatic carbocycles. The lowest BCUT2D eigenvalue weighted by atomic mass is 10.2. The first-order chi connectivity index (χ1) is 9.20. The van der Waals surface area contributed by atoms with Gasteiger partial charge in [0.2, 0.25) is 0 Å². The normalized spacial score (nSPS) is 10.2. The van der Waals surface area contributed by atoms with E-state index in [-0.39, 0.29) is 5.56 Å². The second kappa shape index (κ2) is 5.90. The molecule has 0 fully saturated rings. The molecule has 0 spiro atoms. The summed E-state index contributed by atoms with van der Waals surface area (Å²) in [4.78, 5) is 15.0. The van der Waals surface area contributed by atoms with Gasteiger partial charge in [0.05, 0.1) is 20.0 Å². The molecule has 1 aromatic heterocycles. The average Bonchev–Trinajstić information content (AvgIpc) is 2.91. The fourth-order valence-electron chi connectivity index (χ4n) is 1.61. The largest absolute Gasteiger partial charge is 0.497 e. The molecule has 0 saturated heterocycles. The maximum Gasteiger partial charge on any atom is 0.339 e.